The van der Waals surface area contributed by atoms with Crippen LogP contribution < -0.4 is 5.32 Å². The van der Waals surface area contributed by atoms with Crippen LogP contribution in [0.1, 0.15) is 67.3 Å². The van der Waals surface area contributed by atoms with Gasteiger partial charge in [-0.2, -0.15) is 5.26 Å². The summed E-state index contributed by atoms with van der Waals surface area (Å²) in [5.74, 6) is 1.22. The molecule has 0 spiro atoms. The van der Waals surface area contributed by atoms with Crippen molar-refractivity contribution >= 4 is 11.9 Å². The van der Waals surface area contributed by atoms with E-state index >= 15 is 0 Å². The predicted octanol–water partition coefficient (Wildman–Crippen LogP) is 4.63. The molecule has 2 fully saturated rings. The van der Waals surface area contributed by atoms with E-state index in [1.54, 1.807) is 18.3 Å². The number of nitriles is 1. The molecule has 2 aliphatic rings. The number of aromatic nitrogens is 2. The summed E-state index contributed by atoms with van der Waals surface area (Å²) in [5, 5.41) is 12.5. The number of likely N-dealkylation sites (tertiary alicyclic amines) is 1. The zero-order valence-corrected chi connectivity index (χ0v) is 17.4. The van der Waals surface area contributed by atoms with Gasteiger partial charge < -0.3 is 10.2 Å². The molecule has 0 bridgehead atoms. The zero-order chi connectivity index (χ0) is 20.8. The molecule has 2 heterocycles. The number of nitrogens with one attached hydrogen (secondary N) is 1. The Labute approximate surface area is 178 Å². The summed E-state index contributed by atoms with van der Waals surface area (Å²) in [6, 6.07) is 9.39. The molecule has 1 saturated carbocycles. The van der Waals surface area contributed by atoms with Crippen LogP contribution in [0.25, 0.3) is 11.3 Å². The van der Waals surface area contributed by atoms with Crippen molar-refractivity contribution in [3.63, 3.8) is 0 Å². The number of rotatable bonds is 5. The maximum atomic E-state index is 13.2. The summed E-state index contributed by atoms with van der Waals surface area (Å²) in [6.07, 6.45) is 11.4. The van der Waals surface area contributed by atoms with Gasteiger partial charge in [0, 0.05) is 31.4 Å². The summed E-state index contributed by atoms with van der Waals surface area (Å²) in [4.78, 5) is 24.3. The van der Waals surface area contributed by atoms with Crippen LogP contribution in [0.4, 0.5) is 5.95 Å². The highest BCUT2D eigenvalue weighted by Crippen LogP contribution is 2.27. The number of amides is 1. The van der Waals surface area contributed by atoms with Crippen molar-refractivity contribution in [2.75, 3.05) is 25.0 Å². The molecule has 0 radical (unpaired) electrons. The number of benzene rings is 1. The summed E-state index contributed by atoms with van der Waals surface area (Å²) in [5.41, 5.74) is 2.59. The second kappa shape index (κ2) is 9.71. The van der Waals surface area contributed by atoms with Crippen LogP contribution in [0.3, 0.4) is 0 Å². The van der Waals surface area contributed by atoms with Crippen LogP contribution in [0.5, 0.6) is 0 Å². The molecule has 0 unspecified atom stereocenters. The lowest BCUT2D eigenvalue weighted by Crippen LogP contribution is -2.36. The molecule has 1 N–H and O–H groups in total. The lowest BCUT2D eigenvalue weighted by molar-refractivity contribution is 0.0724. The fourth-order valence-electron chi connectivity index (χ4n) is 4.44. The fourth-order valence-corrected chi connectivity index (χ4v) is 4.44. The minimum Gasteiger partial charge on any atom is -0.354 e. The molecule has 1 saturated heterocycles. The van der Waals surface area contributed by atoms with E-state index in [-0.39, 0.29) is 5.91 Å². The summed E-state index contributed by atoms with van der Waals surface area (Å²) >= 11 is 0. The van der Waals surface area contributed by atoms with E-state index in [0.717, 1.165) is 38.0 Å². The Hall–Kier alpha value is -2.94. The average Bonchev–Trinajstić information content (AvgIpc) is 2.83. The average molecular weight is 404 g/mol. The number of hydrogen-bond acceptors (Lipinski definition) is 5. The molecule has 1 aliphatic carbocycles. The maximum absolute atomic E-state index is 13.2. The first-order valence-corrected chi connectivity index (χ1v) is 11.2. The third-order valence-corrected chi connectivity index (χ3v) is 6.22. The predicted molar refractivity (Wildman–Crippen MR) is 117 cm³/mol. The maximum Gasteiger partial charge on any atom is 0.257 e. The van der Waals surface area contributed by atoms with E-state index in [9.17, 15) is 4.79 Å². The molecule has 156 valence electrons. The molecule has 1 aliphatic heterocycles. The van der Waals surface area contributed by atoms with Gasteiger partial charge in [0.15, 0.2) is 0 Å². The van der Waals surface area contributed by atoms with E-state index in [4.69, 9.17) is 10.2 Å². The van der Waals surface area contributed by atoms with Gasteiger partial charge in [0.1, 0.15) is 0 Å². The van der Waals surface area contributed by atoms with Gasteiger partial charge >= 0.3 is 0 Å². The van der Waals surface area contributed by atoms with Crippen molar-refractivity contribution in [2.24, 2.45) is 5.92 Å². The number of anilines is 1. The van der Waals surface area contributed by atoms with Crippen LogP contribution >= 0.6 is 0 Å². The lowest BCUT2D eigenvalue weighted by atomic mass is 9.89. The van der Waals surface area contributed by atoms with Gasteiger partial charge in [0.2, 0.25) is 5.95 Å². The molecule has 6 heteroatoms. The first-order valence-electron chi connectivity index (χ1n) is 11.2. The fraction of sp³-hybridized carbons (Fsp3) is 0.500. The van der Waals surface area contributed by atoms with Crippen LogP contribution in [0.2, 0.25) is 0 Å². The number of piperidine rings is 1. The monoisotopic (exact) mass is 403 g/mol. The molecule has 1 aromatic carbocycles. The third-order valence-electron chi connectivity index (χ3n) is 6.22. The Bertz CT molecular complexity index is 906. The van der Waals surface area contributed by atoms with Crippen molar-refractivity contribution in [1.82, 2.24) is 14.9 Å². The quantitative estimate of drug-likeness (QED) is 0.787. The molecule has 30 heavy (non-hydrogen) atoms. The van der Waals surface area contributed by atoms with Crippen LogP contribution in [-0.4, -0.2) is 40.4 Å². The Morgan fingerprint density at radius 3 is 2.47 bits per heavy atom. The van der Waals surface area contributed by atoms with E-state index < -0.39 is 0 Å². The Kier molecular flexibility index (Phi) is 6.58. The van der Waals surface area contributed by atoms with E-state index in [1.165, 1.54) is 38.5 Å². The van der Waals surface area contributed by atoms with Crippen LogP contribution in [0, 0.1) is 17.2 Å². The first-order chi connectivity index (χ1) is 14.7. The largest absolute Gasteiger partial charge is 0.354 e. The van der Waals surface area contributed by atoms with Crippen LogP contribution in [-0.2, 0) is 0 Å². The van der Waals surface area contributed by atoms with Gasteiger partial charge in [-0.15, -0.1) is 0 Å². The van der Waals surface area contributed by atoms with Gasteiger partial charge in [-0.3, -0.25) is 4.79 Å². The third kappa shape index (κ3) is 4.79. The Morgan fingerprint density at radius 1 is 1.07 bits per heavy atom. The second-order valence-electron chi connectivity index (χ2n) is 8.38. The molecule has 4 rings (SSSR count). The normalized spacial score (nSPS) is 17.4. The molecule has 2 aromatic rings. The van der Waals surface area contributed by atoms with Gasteiger partial charge in [-0.1, -0.05) is 31.4 Å². The van der Waals surface area contributed by atoms with Gasteiger partial charge in [-0.25, -0.2) is 9.97 Å². The second-order valence-corrected chi connectivity index (χ2v) is 8.38. The highest BCUT2D eigenvalue weighted by Gasteiger charge is 2.23. The van der Waals surface area contributed by atoms with Crippen molar-refractivity contribution in [2.45, 2.75) is 51.4 Å². The molecule has 1 amide bonds. The first kappa shape index (κ1) is 20.3. The molecular weight excluding hydrogens is 374 g/mol. The highest BCUT2D eigenvalue weighted by atomic mass is 16.2. The summed E-state index contributed by atoms with van der Waals surface area (Å²) in [7, 11) is 0. The van der Waals surface area contributed by atoms with Gasteiger partial charge in [-0.05, 0) is 50.2 Å². The van der Waals surface area contributed by atoms with E-state index in [0.29, 0.717) is 28.7 Å². The molecular formula is C24H29N5O. The Balaban J connectivity index is 1.60. The summed E-state index contributed by atoms with van der Waals surface area (Å²) in [6.45, 7) is 2.44. The Morgan fingerprint density at radius 2 is 1.77 bits per heavy atom. The standard InChI is InChI=1S/C24H29N5O/c25-15-18-9-11-20(12-10-18)22-21(23(30)29-13-5-2-6-14-29)17-27-24(28-22)26-16-19-7-3-1-4-8-19/h9-12,17,19H,1-8,13-14,16H2,(H,26,27,28). The minimum atomic E-state index is -0.00658. The SMILES string of the molecule is N#Cc1ccc(-c2nc(NCC3CCCCC3)ncc2C(=O)N2CCCCC2)cc1. The topological polar surface area (TPSA) is 81.9 Å². The zero-order valence-electron chi connectivity index (χ0n) is 17.4. The smallest absolute Gasteiger partial charge is 0.257 e. The van der Waals surface area contributed by atoms with Gasteiger partial charge in [0.05, 0.1) is 22.9 Å². The molecule has 1 aromatic heterocycles. The molecule has 6 nitrogen and oxygen atoms in total. The van der Waals surface area contributed by atoms with E-state index in [2.05, 4.69) is 16.4 Å². The van der Waals surface area contributed by atoms with Crippen molar-refractivity contribution < 1.29 is 4.79 Å². The lowest BCUT2D eigenvalue weighted by Gasteiger charge is -2.27. The summed E-state index contributed by atoms with van der Waals surface area (Å²) < 4.78 is 0. The number of hydrogen-bond donors (Lipinski definition) is 1. The van der Waals surface area contributed by atoms with Crippen molar-refractivity contribution in [3.8, 4) is 17.3 Å². The number of nitrogens with zero attached hydrogens (tertiary/aromatic N) is 4. The van der Waals surface area contributed by atoms with Gasteiger partial charge in [0.25, 0.3) is 5.91 Å². The van der Waals surface area contributed by atoms with Crippen LogP contribution in [0.15, 0.2) is 30.5 Å². The van der Waals surface area contributed by atoms with Crippen molar-refractivity contribution in [1.29, 1.82) is 5.26 Å². The van der Waals surface area contributed by atoms with Crippen molar-refractivity contribution in [3.05, 3.63) is 41.6 Å². The number of carbonyl (C=O) groups excluding carboxylic acids is 1. The molecule has 0 atom stereocenters. The van der Waals surface area contributed by atoms with E-state index in [1.807, 2.05) is 17.0 Å². The number of carbonyl (C=O) groups is 1. The minimum absolute atomic E-state index is 0.00658. The highest BCUT2D eigenvalue weighted by molar-refractivity contribution is 5.99.